The first-order valence-electron chi connectivity index (χ1n) is 11.0. The Hall–Kier alpha value is -3.42. The molecule has 2 amide bonds. The van der Waals surface area contributed by atoms with Crippen molar-refractivity contribution in [2.45, 2.75) is 45.4 Å². The van der Waals surface area contributed by atoms with Crippen LogP contribution in [0.15, 0.2) is 42.5 Å². The molecule has 0 fully saturated rings. The van der Waals surface area contributed by atoms with Gasteiger partial charge in [0.25, 0.3) is 0 Å². The van der Waals surface area contributed by atoms with Crippen LogP contribution in [0, 0.1) is 0 Å². The number of carbonyl (C=O) groups is 2. The Morgan fingerprint density at radius 2 is 1.78 bits per heavy atom. The molecule has 8 heteroatoms. The van der Waals surface area contributed by atoms with Crippen molar-refractivity contribution in [3.63, 3.8) is 0 Å². The highest BCUT2D eigenvalue weighted by Crippen LogP contribution is 2.45. The maximum Gasteiger partial charge on any atom is 0.414 e. The summed E-state index contributed by atoms with van der Waals surface area (Å²) in [5.74, 6) is 1.17. The van der Waals surface area contributed by atoms with Gasteiger partial charge in [-0.3, -0.25) is 4.90 Å². The number of carbonyl (C=O) groups excluding carboxylic acids is 2. The van der Waals surface area contributed by atoms with Crippen LogP contribution in [0.3, 0.4) is 0 Å². The molecular weight excluding hydrogens is 412 g/mol. The summed E-state index contributed by atoms with van der Waals surface area (Å²) in [5.41, 5.74) is 2.33. The summed E-state index contributed by atoms with van der Waals surface area (Å²) in [5, 5.41) is 2.97. The molecule has 2 unspecified atom stereocenters. The average Bonchev–Trinajstić information content (AvgIpc) is 2.82. The maximum atomic E-state index is 12.8. The van der Waals surface area contributed by atoms with Gasteiger partial charge in [-0.05, 0) is 31.4 Å². The molecule has 0 saturated heterocycles. The second-order valence-electron chi connectivity index (χ2n) is 7.68. The topological polar surface area (TPSA) is 86.3 Å². The molecule has 0 saturated carbocycles. The van der Waals surface area contributed by atoms with Gasteiger partial charge in [-0.1, -0.05) is 37.3 Å². The fourth-order valence-electron chi connectivity index (χ4n) is 4.12. The van der Waals surface area contributed by atoms with Crippen molar-refractivity contribution in [2.75, 3.05) is 24.7 Å². The molecule has 0 radical (unpaired) electrons. The summed E-state index contributed by atoms with van der Waals surface area (Å²) in [6.07, 6.45) is 0.299. The molecule has 8 nitrogen and oxygen atoms in total. The number of benzene rings is 2. The van der Waals surface area contributed by atoms with Crippen molar-refractivity contribution in [3.05, 3.63) is 53.6 Å². The molecule has 2 aromatic rings. The van der Waals surface area contributed by atoms with Crippen molar-refractivity contribution in [2.24, 2.45) is 0 Å². The van der Waals surface area contributed by atoms with E-state index in [9.17, 15) is 9.59 Å². The van der Waals surface area contributed by atoms with E-state index in [1.54, 1.807) is 17.9 Å². The number of alkyl carbamates (subject to hydrolysis) is 1. The highest BCUT2D eigenvalue weighted by molar-refractivity contribution is 5.91. The summed E-state index contributed by atoms with van der Waals surface area (Å²) in [6.45, 7) is 5.13. The lowest BCUT2D eigenvalue weighted by molar-refractivity contribution is 0.133. The molecular formula is C24H28N2O6. The average molecular weight is 440 g/mol. The monoisotopic (exact) mass is 440 g/mol. The number of amides is 2. The van der Waals surface area contributed by atoms with Gasteiger partial charge in [0.2, 0.25) is 0 Å². The van der Waals surface area contributed by atoms with E-state index >= 15 is 0 Å². The minimum Gasteiger partial charge on any atom is -0.486 e. The number of hydrogen-bond acceptors (Lipinski definition) is 6. The van der Waals surface area contributed by atoms with Crippen molar-refractivity contribution >= 4 is 17.9 Å². The predicted octanol–water partition coefficient (Wildman–Crippen LogP) is 4.57. The van der Waals surface area contributed by atoms with Crippen LogP contribution in [0.1, 0.15) is 43.9 Å². The van der Waals surface area contributed by atoms with Crippen LogP contribution in [-0.2, 0) is 16.1 Å². The fraction of sp³-hybridized carbons (Fsp3) is 0.417. The van der Waals surface area contributed by atoms with E-state index in [4.69, 9.17) is 18.9 Å². The lowest BCUT2D eigenvalue weighted by Crippen LogP contribution is -2.47. The number of fused-ring (bicyclic) bond motifs is 2. The number of nitrogens with zero attached hydrogens (tertiary/aromatic N) is 1. The van der Waals surface area contributed by atoms with Crippen LogP contribution in [0.5, 0.6) is 11.5 Å². The lowest BCUT2D eigenvalue weighted by Gasteiger charge is -2.40. The maximum absolute atomic E-state index is 12.8. The molecule has 1 N–H and O–H groups in total. The Balaban J connectivity index is 1.60. The molecule has 0 aliphatic carbocycles. The molecule has 0 aromatic heterocycles. The number of nitrogens with one attached hydrogen (secondary N) is 1. The molecule has 2 heterocycles. The first-order chi connectivity index (χ1) is 15.6. The van der Waals surface area contributed by atoms with E-state index in [2.05, 4.69) is 5.32 Å². The van der Waals surface area contributed by atoms with Crippen molar-refractivity contribution < 1.29 is 28.5 Å². The van der Waals surface area contributed by atoms with Gasteiger partial charge in [0.05, 0.1) is 18.3 Å². The Morgan fingerprint density at radius 3 is 2.47 bits per heavy atom. The van der Waals surface area contributed by atoms with Crippen LogP contribution < -0.4 is 19.7 Å². The highest BCUT2D eigenvalue weighted by atomic mass is 16.6. The molecule has 2 atom stereocenters. The Morgan fingerprint density at radius 1 is 1.06 bits per heavy atom. The zero-order chi connectivity index (χ0) is 22.5. The van der Waals surface area contributed by atoms with Gasteiger partial charge in [0.1, 0.15) is 19.8 Å². The standard InChI is InChI=1S/C24H28N2O6/c1-3-17-12-19(25-23(27)32-15-16-8-6-5-7-9-16)18-13-21-22(31-11-10-30-21)14-20(18)26(17)24(28)29-4-2/h5-9,13-14,17,19H,3-4,10-12,15H2,1-2H3,(H,25,27). The number of hydrogen-bond donors (Lipinski definition) is 1. The lowest BCUT2D eigenvalue weighted by atomic mass is 9.89. The normalized spacial score (nSPS) is 19.0. The molecule has 0 spiro atoms. The van der Waals surface area contributed by atoms with Gasteiger partial charge >= 0.3 is 12.2 Å². The highest BCUT2D eigenvalue weighted by Gasteiger charge is 2.38. The summed E-state index contributed by atoms with van der Waals surface area (Å²) < 4.78 is 22.2. The molecule has 32 heavy (non-hydrogen) atoms. The number of anilines is 1. The predicted molar refractivity (Wildman–Crippen MR) is 118 cm³/mol. The third kappa shape index (κ3) is 4.59. The van der Waals surface area contributed by atoms with E-state index in [-0.39, 0.29) is 25.3 Å². The Labute approximate surface area is 187 Å². The summed E-state index contributed by atoms with van der Waals surface area (Å²) in [7, 11) is 0. The van der Waals surface area contributed by atoms with E-state index in [0.29, 0.717) is 43.2 Å². The van der Waals surface area contributed by atoms with E-state index in [1.165, 1.54) is 0 Å². The second-order valence-corrected chi connectivity index (χ2v) is 7.68. The molecule has 170 valence electrons. The third-order valence-electron chi connectivity index (χ3n) is 5.64. The number of ether oxygens (including phenoxy) is 4. The molecule has 2 aliphatic heterocycles. The fourth-order valence-corrected chi connectivity index (χ4v) is 4.12. The second kappa shape index (κ2) is 9.80. The summed E-state index contributed by atoms with van der Waals surface area (Å²) in [6, 6.07) is 12.6. The molecule has 0 bridgehead atoms. The van der Waals surface area contributed by atoms with Crippen molar-refractivity contribution in [1.82, 2.24) is 5.32 Å². The van der Waals surface area contributed by atoms with Crippen LogP contribution in [0.4, 0.5) is 15.3 Å². The first kappa shape index (κ1) is 21.8. The Kier molecular flexibility index (Phi) is 6.68. The smallest absolute Gasteiger partial charge is 0.414 e. The number of rotatable bonds is 5. The van der Waals surface area contributed by atoms with Gasteiger partial charge < -0.3 is 24.3 Å². The van der Waals surface area contributed by atoms with E-state index in [0.717, 1.165) is 11.1 Å². The van der Waals surface area contributed by atoms with Crippen molar-refractivity contribution in [3.8, 4) is 11.5 Å². The first-order valence-corrected chi connectivity index (χ1v) is 11.0. The summed E-state index contributed by atoms with van der Waals surface area (Å²) >= 11 is 0. The molecule has 4 rings (SSSR count). The van der Waals surface area contributed by atoms with E-state index < -0.39 is 12.2 Å². The SMILES string of the molecule is CCOC(=O)N1c2cc3c(cc2C(NC(=O)OCc2ccccc2)CC1CC)OCCO3. The largest absolute Gasteiger partial charge is 0.486 e. The van der Waals surface area contributed by atoms with Crippen LogP contribution in [-0.4, -0.2) is 38.0 Å². The molecule has 2 aromatic carbocycles. The zero-order valence-electron chi connectivity index (χ0n) is 18.3. The van der Waals surface area contributed by atoms with E-state index in [1.807, 2.05) is 43.3 Å². The van der Waals surface area contributed by atoms with Gasteiger partial charge in [-0.2, -0.15) is 0 Å². The zero-order valence-corrected chi connectivity index (χ0v) is 18.3. The van der Waals surface area contributed by atoms with Gasteiger partial charge in [-0.15, -0.1) is 0 Å². The minimum absolute atomic E-state index is 0.150. The Bertz CT molecular complexity index is 964. The van der Waals surface area contributed by atoms with Crippen molar-refractivity contribution in [1.29, 1.82) is 0 Å². The van der Waals surface area contributed by atoms with Crippen LogP contribution in [0.25, 0.3) is 0 Å². The quantitative estimate of drug-likeness (QED) is 0.733. The van der Waals surface area contributed by atoms with Crippen LogP contribution >= 0.6 is 0 Å². The van der Waals surface area contributed by atoms with Crippen LogP contribution in [0.2, 0.25) is 0 Å². The van der Waals surface area contributed by atoms with Gasteiger partial charge in [0, 0.05) is 17.7 Å². The third-order valence-corrected chi connectivity index (χ3v) is 5.64. The minimum atomic E-state index is -0.515. The molecule has 2 aliphatic rings. The van der Waals surface area contributed by atoms with Gasteiger partial charge in [0.15, 0.2) is 11.5 Å². The summed E-state index contributed by atoms with van der Waals surface area (Å²) in [4.78, 5) is 27.1. The van der Waals surface area contributed by atoms with Gasteiger partial charge in [-0.25, -0.2) is 9.59 Å².